The van der Waals surface area contributed by atoms with Crippen molar-refractivity contribution in [1.82, 2.24) is 10.6 Å². The first-order valence-electron chi connectivity index (χ1n) is 5.31. The fraction of sp³-hybridized carbons (Fsp3) is 0.900. The maximum Gasteiger partial charge on any atom is 0.237 e. The van der Waals surface area contributed by atoms with E-state index in [1.165, 1.54) is 0 Å². The van der Waals surface area contributed by atoms with E-state index in [1.54, 1.807) is 7.05 Å². The first-order valence-corrected chi connectivity index (χ1v) is 5.31. The zero-order chi connectivity index (χ0) is 10.6. The molecule has 14 heavy (non-hydrogen) atoms. The fourth-order valence-electron chi connectivity index (χ4n) is 1.72. The topological polar surface area (TPSA) is 61.4 Å². The molecule has 4 nitrogen and oxygen atoms in total. The summed E-state index contributed by atoms with van der Waals surface area (Å²) in [7, 11) is 1.75. The molecule has 1 saturated carbocycles. The van der Waals surface area contributed by atoms with Crippen LogP contribution in [0.5, 0.6) is 0 Å². The van der Waals surface area contributed by atoms with Crippen molar-refractivity contribution in [3.63, 3.8) is 0 Å². The molecule has 0 saturated heterocycles. The van der Waals surface area contributed by atoms with Gasteiger partial charge in [0.2, 0.25) is 5.91 Å². The van der Waals surface area contributed by atoms with Crippen LogP contribution in [0.25, 0.3) is 0 Å². The minimum absolute atomic E-state index is 0.0292. The van der Waals surface area contributed by atoms with Crippen molar-refractivity contribution in [1.29, 1.82) is 0 Å². The van der Waals surface area contributed by atoms with Gasteiger partial charge in [0.25, 0.3) is 0 Å². The van der Waals surface area contributed by atoms with Gasteiger partial charge >= 0.3 is 0 Å². The van der Waals surface area contributed by atoms with Crippen molar-refractivity contribution in [2.45, 2.75) is 50.8 Å². The molecule has 82 valence electrons. The number of rotatable bonds is 3. The van der Waals surface area contributed by atoms with Gasteiger partial charge in [-0.1, -0.05) is 12.8 Å². The lowest BCUT2D eigenvalue weighted by Crippen LogP contribution is -2.50. The molecule has 0 aromatic carbocycles. The molecule has 0 radical (unpaired) electrons. The highest BCUT2D eigenvalue weighted by Crippen LogP contribution is 2.18. The molecular weight excluding hydrogens is 180 g/mol. The van der Waals surface area contributed by atoms with Gasteiger partial charge in [0, 0.05) is 0 Å². The van der Waals surface area contributed by atoms with Crippen LogP contribution in [0.4, 0.5) is 0 Å². The lowest BCUT2D eigenvalue weighted by molar-refractivity contribution is -0.124. The molecule has 0 spiro atoms. The predicted molar refractivity (Wildman–Crippen MR) is 54.9 cm³/mol. The monoisotopic (exact) mass is 200 g/mol. The first kappa shape index (κ1) is 11.5. The quantitative estimate of drug-likeness (QED) is 0.601. The summed E-state index contributed by atoms with van der Waals surface area (Å²) in [5.74, 6) is -0.0292. The Balaban J connectivity index is 2.38. The number of hydrogen-bond acceptors (Lipinski definition) is 3. The van der Waals surface area contributed by atoms with Crippen LogP contribution in [0.2, 0.25) is 0 Å². The summed E-state index contributed by atoms with van der Waals surface area (Å²) in [4.78, 5) is 11.5. The Morgan fingerprint density at radius 1 is 1.43 bits per heavy atom. The van der Waals surface area contributed by atoms with E-state index in [4.69, 9.17) is 0 Å². The van der Waals surface area contributed by atoms with Gasteiger partial charge in [-0.3, -0.25) is 4.79 Å². The largest absolute Gasteiger partial charge is 0.391 e. The molecule has 3 atom stereocenters. The number of amides is 1. The third-order valence-corrected chi connectivity index (χ3v) is 2.88. The summed E-state index contributed by atoms with van der Waals surface area (Å²) in [6.07, 6.45) is 3.49. The van der Waals surface area contributed by atoms with Crippen LogP contribution >= 0.6 is 0 Å². The number of carbonyl (C=O) groups is 1. The van der Waals surface area contributed by atoms with Crippen LogP contribution in [0.15, 0.2) is 0 Å². The fourth-order valence-corrected chi connectivity index (χ4v) is 1.72. The Bertz CT molecular complexity index is 197. The summed E-state index contributed by atoms with van der Waals surface area (Å²) >= 11 is 0. The molecule has 4 heteroatoms. The van der Waals surface area contributed by atoms with E-state index in [9.17, 15) is 9.90 Å². The molecule has 1 fully saturated rings. The molecule has 0 bridgehead atoms. The third kappa shape index (κ3) is 2.96. The number of carbonyl (C=O) groups excluding carboxylic acids is 1. The van der Waals surface area contributed by atoms with E-state index in [1.807, 2.05) is 6.92 Å². The second-order valence-corrected chi connectivity index (χ2v) is 3.98. The zero-order valence-electron chi connectivity index (χ0n) is 8.92. The van der Waals surface area contributed by atoms with Crippen molar-refractivity contribution >= 4 is 5.91 Å². The number of hydrogen-bond donors (Lipinski definition) is 3. The molecule has 1 unspecified atom stereocenters. The summed E-state index contributed by atoms with van der Waals surface area (Å²) in [6, 6.07) is -0.240. The van der Waals surface area contributed by atoms with Crippen LogP contribution < -0.4 is 10.6 Å². The lowest BCUT2D eigenvalue weighted by Gasteiger charge is -2.29. The van der Waals surface area contributed by atoms with Crippen LogP contribution in [-0.2, 0) is 4.79 Å². The standard InChI is InChI=1S/C10H20N2O2/c1-7(11-2)10(14)12-8-5-3-4-6-9(8)13/h7-9,11,13H,3-6H2,1-2H3,(H,12,14)/t7?,8-,9-/m1/s1. The van der Waals surface area contributed by atoms with E-state index in [2.05, 4.69) is 10.6 Å². The second kappa shape index (κ2) is 5.32. The lowest BCUT2D eigenvalue weighted by atomic mass is 9.92. The molecule has 0 aromatic heterocycles. The van der Waals surface area contributed by atoms with E-state index < -0.39 is 0 Å². The number of aliphatic hydroxyl groups excluding tert-OH is 1. The molecule has 1 aliphatic carbocycles. The Morgan fingerprint density at radius 2 is 2.07 bits per heavy atom. The summed E-state index contributed by atoms with van der Waals surface area (Å²) in [5.41, 5.74) is 0. The van der Waals surface area contributed by atoms with Crippen molar-refractivity contribution in [2.75, 3.05) is 7.05 Å². The number of aliphatic hydroxyl groups is 1. The number of nitrogens with one attached hydrogen (secondary N) is 2. The SMILES string of the molecule is CNC(C)C(=O)N[C@@H]1CCCC[C@H]1O. The van der Waals surface area contributed by atoms with E-state index >= 15 is 0 Å². The Labute approximate surface area is 85.1 Å². The van der Waals surface area contributed by atoms with Gasteiger partial charge < -0.3 is 15.7 Å². The van der Waals surface area contributed by atoms with Gasteiger partial charge in [-0.05, 0) is 26.8 Å². The van der Waals surface area contributed by atoms with E-state index in [0.29, 0.717) is 0 Å². The molecule has 1 rings (SSSR count). The van der Waals surface area contributed by atoms with E-state index in [-0.39, 0.29) is 24.1 Å². The highest BCUT2D eigenvalue weighted by atomic mass is 16.3. The minimum Gasteiger partial charge on any atom is -0.391 e. The Kier molecular flexibility index (Phi) is 4.35. The summed E-state index contributed by atoms with van der Waals surface area (Å²) < 4.78 is 0. The molecular formula is C10H20N2O2. The molecule has 0 heterocycles. The van der Waals surface area contributed by atoms with Gasteiger partial charge in [0.05, 0.1) is 18.2 Å². The predicted octanol–water partition coefficient (Wildman–Crippen LogP) is 0.0140. The summed E-state index contributed by atoms with van der Waals surface area (Å²) in [5, 5.41) is 15.4. The van der Waals surface area contributed by atoms with Crippen LogP contribution in [-0.4, -0.2) is 36.2 Å². The van der Waals surface area contributed by atoms with Crippen molar-refractivity contribution in [3.05, 3.63) is 0 Å². The van der Waals surface area contributed by atoms with Crippen molar-refractivity contribution in [3.8, 4) is 0 Å². The van der Waals surface area contributed by atoms with Crippen LogP contribution in [0.1, 0.15) is 32.6 Å². The van der Waals surface area contributed by atoms with Crippen molar-refractivity contribution in [2.24, 2.45) is 0 Å². The van der Waals surface area contributed by atoms with Gasteiger partial charge in [0.1, 0.15) is 0 Å². The smallest absolute Gasteiger partial charge is 0.237 e. The Hall–Kier alpha value is -0.610. The van der Waals surface area contributed by atoms with Crippen LogP contribution in [0, 0.1) is 0 Å². The molecule has 0 aromatic rings. The van der Waals surface area contributed by atoms with Crippen molar-refractivity contribution < 1.29 is 9.90 Å². The Morgan fingerprint density at radius 3 is 2.64 bits per heavy atom. The molecule has 0 aliphatic heterocycles. The minimum atomic E-state index is -0.364. The van der Waals surface area contributed by atoms with Gasteiger partial charge in [-0.15, -0.1) is 0 Å². The summed E-state index contributed by atoms with van der Waals surface area (Å²) in [6.45, 7) is 1.81. The molecule has 1 aliphatic rings. The van der Waals surface area contributed by atoms with Gasteiger partial charge in [-0.25, -0.2) is 0 Å². The van der Waals surface area contributed by atoms with Gasteiger partial charge in [-0.2, -0.15) is 0 Å². The first-order chi connectivity index (χ1) is 6.65. The maximum absolute atomic E-state index is 11.5. The maximum atomic E-state index is 11.5. The second-order valence-electron chi connectivity index (χ2n) is 3.98. The average molecular weight is 200 g/mol. The number of likely N-dealkylation sites (N-methyl/N-ethyl adjacent to an activating group) is 1. The zero-order valence-corrected chi connectivity index (χ0v) is 8.92. The third-order valence-electron chi connectivity index (χ3n) is 2.88. The van der Waals surface area contributed by atoms with E-state index in [0.717, 1.165) is 25.7 Å². The van der Waals surface area contributed by atoms with Crippen LogP contribution in [0.3, 0.4) is 0 Å². The highest BCUT2D eigenvalue weighted by molar-refractivity contribution is 5.81. The molecule has 1 amide bonds. The average Bonchev–Trinajstić information content (AvgIpc) is 2.20. The molecule has 3 N–H and O–H groups in total. The normalized spacial score (nSPS) is 29.6. The van der Waals surface area contributed by atoms with Gasteiger partial charge in [0.15, 0.2) is 0 Å². The highest BCUT2D eigenvalue weighted by Gasteiger charge is 2.25.